The highest BCUT2D eigenvalue weighted by Gasteiger charge is 2.11. The van der Waals surface area contributed by atoms with Crippen LogP contribution in [-0.4, -0.2) is 6.04 Å². The van der Waals surface area contributed by atoms with Crippen LogP contribution in [0.5, 0.6) is 0 Å². The van der Waals surface area contributed by atoms with Crippen molar-refractivity contribution in [2.75, 3.05) is 0 Å². The van der Waals surface area contributed by atoms with Gasteiger partial charge < -0.3 is 5.73 Å². The zero-order valence-corrected chi connectivity index (χ0v) is 7.72. The lowest BCUT2D eigenvalue weighted by molar-refractivity contribution is 0.376. The Balaban J connectivity index is 3.50. The molecule has 0 spiro atoms. The second kappa shape index (κ2) is 4.73. The van der Waals surface area contributed by atoms with Crippen LogP contribution in [0, 0.1) is 11.8 Å². The van der Waals surface area contributed by atoms with Crippen LogP contribution >= 0.6 is 0 Å². The molecule has 62 valence electrons. The maximum absolute atomic E-state index is 5.93. The Morgan fingerprint density at radius 1 is 1.20 bits per heavy atom. The highest BCUT2D eigenvalue weighted by molar-refractivity contribution is 4.68. The highest BCUT2D eigenvalue weighted by atomic mass is 14.6. The van der Waals surface area contributed by atoms with Crippen molar-refractivity contribution in [1.82, 2.24) is 0 Å². The van der Waals surface area contributed by atoms with Crippen LogP contribution in [0.2, 0.25) is 0 Å². The molecule has 0 saturated heterocycles. The second-order valence-corrected chi connectivity index (χ2v) is 3.68. The maximum atomic E-state index is 5.93. The topological polar surface area (TPSA) is 26.0 Å². The molecule has 0 aromatic heterocycles. The molecule has 0 bridgehead atoms. The predicted octanol–water partition coefficient (Wildman–Crippen LogP) is 2.41. The van der Waals surface area contributed by atoms with E-state index in [2.05, 4.69) is 27.7 Å². The van der Waals surface area contributed by atoms with Crippen molar-refractivity contribution in [2.24, 2.45) is 17.6 Å². The van der Waals surface area contributed by atoms with Crippen LogP contribution in [0.1, 0.15) is 40.5 Å². The molecule has 0 heterocycles. The van der Waals surface area contributed by atoms with Gasteiger partial charge in [0.05, 0.1) is 0 Å². The minimum Gasteiger partial charge on any atom is -0.327 e. The second-order valence-electron chi connectivity index (χ2n) is 3.68. The summed E-state index contributed by atoms with van der Waals surface area (Å²) in [5.41, 5.74) is 5.93. The molecule has 2 N–H and O–H groups in total. The van der Waals surface area contributed by atoms with Gasteiger partial charge in [-0.15, -0.1) is 0 Å². The summed E-state index contributed by atoms with van der Waals surface area (Å²) in [6.07, 6.45) is 2.36. The summed E-state index contributed by atoms with van der Waals surface area (Å²) in [5, 5.41) is 0. The fourth-order valence-corrected chi connectivity index (χ4v) is 1.08. The van der Waals surface area contributed by atoms with Crippen molar-refractivity contribution in [3.05, 3.63) is 0 Å². The van der Waals surface area contributed by atoms with E-state index in [0.29, 0.717) is 12.0 Å². The molecule has 0 rings (SSSR count). The summed E-state index contributed by atoms with van der Waals surface area (Å²) < 4.78 is 0. The molecular weight excluding hydrogens is 122 g/mol. The first kappa shape index (κ1) is 9.96. The number of rotatable bonds is 4. The SMILES string of the molecule is CC[C@H](C)[C@H](N)CC(C)C. The van der Waals surface area contributed by atoms with Crippen molar-refractivity contribution in [2.45, 2.75) is 46.6 Å². The Morgan fingerprint density at radius 3 is 2.00 bits per heavy atom. The van der Waals surface area contributed by atoms with E-state index in [4.69, 9.17) is 5.73 Å². The van der Waals surface area contributed by atoms with Crippen LogP contribution in [0.15, 0.2) is 0 Å². The number of hydrogen-bond acceptors (Lipinski definition) is 1. The van der Waals surface area contributed by atoms with E-state index in [-0.39, 0.29) is 0 Å². The minimum atomic E-state index is 0.407. The molecule has 0 aliphatic heterocycles. The summed E-state index contributed by atoms with van der Waals surface area (Å²) in [4.78, 5) is 0. The van der Waals surface area contributed by atoms with E-state index >= 15 is 0 Å². The van der Waals surface area contributed by atoms with Gasteiger partial charge in [-0.2, -0.15) is 0 Å². The molecule has 2 atom stereocenters. The zero-order chi connectivity index (χ0) is 8.15. The third-order valence-corrected chi connectivity index (χ3v) is 2.12. The molecular formula is C9H21N. The Hall–Kier alpha value is -0.0400. The summed E-state index contributed by atoms with van der Waals surface area (Å²) >= 11 is 0. The van der Waals surface area contributed by atoms with Gasteiger partial charge in [-0.25, -0.2) is 0 Å². The molecule has 1 heteroatoms. The fraction of sp³-hybridized carbons (Fsp3) is 1.00. The van der Waals surface area contributed by atoms with Crippen molar-refractivity contribution >= 4 is 0 Å². The Bertz CT molecular complexity index is 78.8. The summed E-state index contributed by atoms with van der Waals surface area (Å²) in [7, 11) is 0. The molecule has 0 saturated carbocycles. The van der Waals surface area contributed by atoms with Crippen molar-refractivity contribution in [3.8, 4) is 0 Å². The summed E-state index contributed by atoms with van der Waals surface area (Å²) in [5.74, 6) is 1.42. The Labute approximate surface area is 65.0 Å². The molecule has 0 aromatic rings. The van der Waals surface area contributed by atoms with Gasteiger partial charge in [0.25, 0.3) is 0 Å². The van der Waals surface area contributed by atoms with Gasteiger partial charge in [0.2, 0.25) is 0 Å². The van der Waals surface area contributed by atoms with E-state index in [1.54, 1.807) is 0 Å². The molecule has 1 nitrogen and oxygen atoms in total. The van der Waals surface area contributed by atoms with Gasteiger partial charge in [0.1, 0.15) is 0 Å². The fourth-order valence-electron chi connectivity index (χ4n) is 1.08. The van der Waals surface area contributed by atoms with E-state index in [1.165, 1.54) is 6.42 Å². The van der Waals surface area contributed by atoms with Crippen LogP contribution in [-0.2, 0) is 0 Å². The number of hydrogen-bond donors (Lipinski definition) is 1. The first-order valence-electron chi connectivity index (χ1n) is 4.33. The zero-order valence-electron chi connectivity index (χ0n) is 7.72. The first-order chi connectivity index (χ1) is 4.57. The first-order valence-corrected chi connectivity index (χ1v) is 4.33. The molecule has 0 amide bonds. The Kier molecular flexibility index (Phi) is 4.71. The molecule has 0 aromatic carbocycles. The largest absolute Gasteiger partial charge is 0.327 e. The van der Waals surface area contributed by atoms with E-state index in [0.717, 1.165) is 12.3 Å². The van der Waals surface area contributed by atoms with Crippen LogP contribution in [0.4, 0.5) is 0 Å². The third kappa shape index (κ3) is 3.89. The molecule has 0 aliphatic carbocycles. The lowest BCUT2D eigenvalue weighted by atomic mass is 9.92. The smallest absolute Gasteiger partial charge is 0.00668 e. The third-order valence-electron chi connectivity index (χ3n) is 2.12. The molecule has 0 fully saturated rings. The van der Waals surface area contributed by atoms with Crippen LogP contribution in [0.3, 0.4) is 0 Å². The molecule has 10 heavy (non-hydrogen) atoms. The number of nitrogens with two attached hydrogens (primary N) is 1. The van der Waals surface area contributed by atoms with Crippen molar-refractivity contribution in [3.63, 3.8) is 0 Å². The van der Waals surface area contributed by atoms with E-state index < -0.39 is 0 Å². The Morgan fingerprint density at radius 2 is 1.70 bits per heavy atom. The monoisotopic (exact) mass is 143 g/mol. The van der Waals surface area contributed by atoms with Gasteiger partial charge in [-0.05, 0) is 18.3 Å². The minimum absolute atomic E-state index is 0.407. The van der Waals surface area contributed by atoms with Crippen LogP contribution in [0.25, 0.3) is 0 Å². The van der Waals surface area contributed by atoms with E-state index in [9.17, 15) is 0 Å². The average molecular weight is 143 g/mol. The average Bonchev–Trinajstić information content (AvgIpc) is 1.85. The summed E-state index contributed by atoms with van der Waals surface area (Å²) in [6.45, 7) is 8.88. The molecule has 0 aliphatic rings. The van der Waals surface area contributed by atoms with Gasteiger partial charge in [-0.3, -0.25) is 0 Å². The highest BCUT2D eigenvalue weighted by Crippen LogP contribution is 2.12. The van der Waals surface area contributed by atoms with Gasteiger partial charge in [0.15, 0.2) is 0 Å². The van der Waals surface area contributed by atoms with Gasteiger partial charge >= 0.3 is 0 Å². The summed E-state index contributed by atoms with van der Waals surface area (Å²) in [6, 6.07) is 0.407. The normalized spacial score (nSPS) is 17.4. The van der Waals surface area contributed by atoms with Crippen molar-refractivity contribution < 1.29 is 0 Å². The lowest BCUT2D eigenvalue weighted by Gasteiger charge is -2.19. The molecule has 0 unspecified atom stereocenters. The van der Waals surface area contributed by atoms with E-state index in [1.807, 2.05) is 0 Å². The van der Waals surface area contributed by atoms with Crippen LogP contribution < -0.4 is 5.73 Å². The predicted molar refractivity (Wildman–Crippen MR) is 46.9 cm³/mol. The van der Waals surface area contributed by atoms with Gasteiger partial charge in [0, 0.05) is 6.04 Å². The standard InChI is InChI=1S/C9H21N/c1-5-8(4)9(10)6-7(2)3/h7-9H,5-6,10H2,1-4H3/t8-,9+/m0/s1. The lowest BCUT2D eigenvalue weighted by Crippen LogP contribution is -2.29. The van der Waals surface area contributed by atoms with Crippen molar-refractivity contribution in [1.29, 1.82) is 0 Å². The van der Waals surface area contributed by atoms with Gasteiger partial charge in [-0.1, -0.05) is 34.1 Å². The quantitative estimate of drug-likeness (QED) is 0.642. The maximum Gasteiger partial charge on any atom is 0.00668 e. The molecule has 0 radical (unpaired) electrons.